The second-order valence-corrected chi connectivity index (χ2v) is 7.09. The minimum Gasteiger partial charge on any atom is -0.468 e. The molecule has 0 aliphatic carbocycles. The number of hydrogen-bond acceptors (Lipinski definition) is 4. The molecule has 0 aromatic rings. The van der Waals surface area contributed by atoms with E-state index in [9.17, 15) is 4.79 Å². The first kappa shape index (κ1) is 16.4. The van der Waals surface area contributed by atoms with Crippen LogP contribution in [-0.4, -0.2) is 36.4 Å². The maximum atomic E-state index is 11.9. The van der Waals surface area contributed by atoms with Gasteiger partial charge < -0.3 is 9.47 Å². The zero-order chi connectivity index (χ0) is 14.8. The SMILES string of the molecule is COC(=O)C(CC(C)C)NC1CC(C)(C)OC1(C)C. The van der Waals surface area contributed by atoms with Gasteiger partial charge in [-0.05, 0) is 46.5 Å². The van der Waals surface area contributed by atoms with Crippen molar-refractivity contribution in [1.29, 1.82) is 0 Å². The molecule has 0 radical (unpaired) electrons. The molecule has 0 bridgehead atoms. The lowest BCUT2D eigenvalue weighted by Crippen LogP contribution is -2.51. The number of carbonyl (C=O) groups is 1. The van der Waals surface area contributed by atoms with Crippen molar-refractivity contribution in [1.82, 2.24) is 5.32 Å². The van der Waals surface area contributed by atoms with Crippen LogP contribution in [0, 0.1) is 5.92 Å². The van der Waals surface area contributed by atoms with E-state index in [-0.39, 0.29) is 29.3 Å². The Morgan fingerprint density at radius 3 is 2.32 bits per heavy atom. The largest absolute Gasteiger partial charge is 0.468 e. The molecule has 4 nitrogen and oxygen atoms in total. The fourth-order valence-corrected chi connectivity index (χ4v) is 2.91. The summed E-state index contributed by atoms with van der Waals surface area (Å²) in [6.45, 7) is 12.5. The van der Waals surface area contributed by atoms with Crippen molar-refractivity contribution in [2.75, 3.05) is 7.11 Å². The maximum absolute atomic E-state index is 11.9. The average molecular weight is 271 g/mol. The Balaban J connectivity index is 2.76. The Kier molecular flexibility index (Phi) is 5.02. The highest BCUT2D eigenvalue weighted by molar-refractivity contribution is 5.75. The van der Waals surface area contributed by atoms with Crippen LogP contribution in [0.3, 0.4) is 0 Å². The molecule has 1 fully saturated rings. The fraction of sp³-hybridized carbons (Fsp3) is 0.933. The number of ether oxygens (including phenoxy) is 2. The van der Waals surface area contributed by atoms with Gasteiger partial charge in [0.15, 0.2) is 0 Å². The predicted molar refractivity (Wildman–Crippen MR) is 76.0 cm³/mol. The van der Waals surface area contributed by atoms with Crippen molar-refractivity contribution in [3.8, 4) is 0 Å². The molecular formula is C15H29NO3. The summed E-state index contributed by atoms with van der Waals surface area (Å²) in [5.41, 5.74) is -0.424. The van der Waals surface area contributed by atoms with Crippen LogP contribution in [-0.2, 0) is 14.3 Å². The van der Waals surface area contributed by atoms with E-state index in [1.54, 1.807) is 0 Å². The summed E-state index contributed by atoms with van der Waals surface area (Å²) in [4.78, 5) is 11.9. The molecule has 0 aromatic carbocycles. The highest BCUT2D eigenvalue weighted by Gasteiger charge is 2.47. The summed E-state index contributed by atoms with van der Waals surface area (Å²) in [6.07, 6.45) is 1.67. The molecular weight excluding hydrogens is 242 g/mol. The predicted octanol–water partition coefficient (Wildman–Crippen LogP) is 2.51. The monoisotopic (exact) mass is 271 g/mol. The van der Waals surface area contributed by atoms with E-state index in [1.165, 1.54) is 7.11 Å². The van der Waals surface area contributed by atoms with Gasteiger partial charge in [0.25, 0.3) is 0 Å². The highest BCUT2D eigenvalue weighted by Crippen LogP contribution is 2.37. The lowest BCUT2D eigenvalue weighted by atomic mass is 9.92. The Morgan fingerprint density at radius 2 is 1.95 bits per heavy atom. The van der Waals surface area contributed by atoms with E-state index in [4.69, 9.17) is 9.47 Å². The third-order valence-corrected chi connectivity index (χ3v) is 3.67. The van der Waals surface area contributed by atoms with E-state index in [0.29, 0.717) is 5.92 Å². The lowest BCUT2D eigenvalue weighted by Gasteiger charge is -2.30. The molecule has 1 aliphatic heterocycles. The van der Waals surface area contributed by atoms with Gasteiger partial charge in [0.2, 0.25) is 0 Å². The zero-order valence-corrected chi connectivity index (χ0v) is 13.4. The van der Waals surface area contributed by atoms with Gasteiger partial charge in [-0.1, -0.05) is 13.8 Å². The highest BCUT2D eigenvalue weighted by atomic mass is 16.5. The molecule has 112 valence electrons. The van der Waals surface area contributed by atoms with Crippen LogP contribution in [0.15, 0.2) is 0 Å². The van der Waals surface area contributed by atoms with Crippen LogP contribution in [0.2, 0.25) is 0 Å². The Morgan fingerprint density at radius 1 is 1.37 bits per heavy atom. The van der Waals surface area contributed by atoms with Crippen LogP contribution >= 0.6 is 0 Å². The quantitative estimate of drug-likeness (QED) is 0.781. The minimum absolute atomic E-state index is 0.153. The Hall–Kier alpha value is -0.610. The van der Waals surface area contributed by atoms with E-state index in [0.717, 1.165) is 12.8 Å². The molecule has 1 saturated heterocycles. The number of carbonyl (C=O) groups excluding carboxylic acids is 1. The summed E-state index contributed by atoms with van der Waals surface area (Å²) < 4.78 is 11.0. The Bertz CT molecular complexity index is 323. The van der Waals surface area contributed by atoms with Gasteiger partial charge in [-0.15, -0.1) is 0 Å². The number of hydrogen-bond donors (Lipinski definition) is 1. The second kappa shape index (κ2) is 5.80. The molecule has 4 heteroatoms. The molecule has 0 amide bonds. The molecule has 2 unspecified atom stereocenters. The molecule has 1 heterocycles. The number of nitrogens with one attached hydrogen (secondary N) is 1. The summed E-state index contributed by atoms with van der Waals surface area (Å²) in [6, 6.07) is -0.0999. The van der Waals surface area contributed by atoms with Gasteiger partial charge in [0.1, 0.15) is 6.04 Å². The van der Waals surface area contributed by atoms with Crippen molar-refractivity contribution < 1.29 is 14.3 Å². The van der Waals surface area contributed by atoms with E-state index >= 15 is 0 Å². The first-order valence-electron chi connectivity index (χ1n) is 7.11. The smallest absolute Gasteiger partial charge is 0.322 e. The fourth-order valence-electron chi connectivity index (χ4n) is 2.91. The second-order valence-electron chi connectivity index (χ2n) is 7.09. The molecule has 19 heavy (non-hydrogen) atoms. The van der Waals surface area contributed by atoms with Crippen LogP contribution in [0.5, 0.6) is 0 Å². The molecule has 1 rings (SSSR count). The van der Waals surface area contributed by atoms with Crippen LogP contribution in [0.4, 0.5) is 0 Å². The maximum Gasteiger partial charge on any atom is 0.322 e. The van der Waals surface area contributed by atoms with Gasteiger partial charge in [-0.3, -0.25) is 10.1 Å². The molecule has 2 atom stereocenters. The van der Waals surface area contributed by atoms with Crippen LogP contribution in [0.25, 0.3) is 0 Å². The first-order valence-corrected chi connectivity index (χ1v) is 7.11. The lowest BCUT2D eigenvalue weighted by molar-refractivity contribution is -0.144. The van der Waals surface area contributed by atoms with Gasteiger partial charge in [0.05, 0.1) is 18.3 Å². The first-order chi connectivity index (χ1) is 8.57. The topological polar surface area (TPSA) is 47.6 Å². The summed E-state index contributed by atoms with van der Waals surface area (Å²) in [7, 11) is 1.44. The Labute approximate surface area is 117 Å². The van der Waals surface area contributed by atoms with Gasteiger partial charge in [-0.2, -0.15) is 0 Å². The standard InChI is InChI=1S/C15H29NO3/c1-10(2)8-11(13(17)18-7)16-12-9-14(3,4)19-15(12,5)6/h10-12,16H,8-9H2,1-7H3. The normalized spacial score (nSPS) is 26.4. The van der Waals surface area contributed by atoms with Crippen molar-refractivity contribution in [2.24, 2.45) is 5.92 Å². The summed E-state index contributed by atoms with van der Waals surface area (Å²) in [5, 5.41) is 3.44. The average Bonchev–Trinajstić information content (AvgIpc) is 2.43. The molecule has 0 spiro atoms. The van der Waals surface area contributed by atoms with Crippen molar-refractivity contribution in [3.05, 3.63) is 0 Å². The molecule has 0 saturated carbocycles. The molecule has 1 aliphatic rings. The number of methoxy groups -OCH3 is 1. The third kappa shape index (κ3) is 4.46. The van der Waals surface area contributed by atoms with E-state index < -0.39 is 0 Å². The number of rotatable bonds is 5. The van der Waals surface area contributed by atoms with Crippen molar-refractivity contribution in [2.45, 2.75) is 77.7 Å². The van der Waals surface area contributed by atoms with Crippen molar-refractivity contribution in [3.63, 3.8) is 0 Å². The number of esters is 1. The summed E-state index contributed by atoms with van der Waals surface area (Å²) in [5.74, 6) is 0.254. The molecule has 0 aromatic heterocycles. The summed E-state index contributed by atoms with van der Waals surface area (Å²) >= 11 is 0. The van der Waals surface area contributed by atoms with Gasteiger partial charge in [0, 0.05) is 6.04 Å². The van der Waals surface area contributed by atoms with E-state index in [1.807, 2.05) is 0 Å². The zero-order valence-electron chi connectivity index (χ0n) is 13.4. The molecule has 1 N–H and O–H groups in total. The van der Waals surface area contributed by atoms with Gasteiger partial charge in [-0.25, -0.2) is 0 Å². The van der Waals surface area contributed by atoms with E-state index in [2.05, 4.69) is 46.9 Å². The van der Waals surface area contributed by atoms with Crippen molar-refractivity contribution >= 4 is 5.97 Å². The third-order valence-electron chi connectivity index (χ3n) is 3.67. The van der Waals surface area contributed by atoms with Crippen LogP contribution in [0.1, 0.15) is 54.4 Å². The van der Waals surface area contributed by atoms with Crippen LogP contribution < -0.4 is 5.32 Å². The minimum atomic E-state index is -0.271. The van der Waals surface area contributed by atoms with Gasteiger partial charge >= 0.3 is 5.97 Å².